The lowest BCUT2D eigenvalue weighted by atomic mass is 9.77. The summed E-state index contributed by atoms with van der Waals surface area (Å²) in [6, 6.07) is 7.81. The van der Waals surface area contributed by atoms with Gasteiger partial charge in [-0.3, -0.25) is 14.9 Å². The van der Waals surface area contributed by atoms with E-state index in [-0.39, 0.29) is 18.4 Å². The van der Waals surface area contributed by atoms with E-state index < -0.39 is 17.3 Å². The quantitative estimate of drug-likeness (QED) is 0.428. The zero-order chi connectivity index (χ0) is 24.5. The fraction of sp³-hybridized carbons (Fsp3) is 0.480. The Bertz CT molecular complexity index is 1160. The van der Waals surface area contributed by atoms with Crippen molar-refractivity contribution in [2.75, 3.05) is 20.6 Å². The highest BCUT2D eigenvalue weighted by atomic mass is 35.5. The van der Waals surface area contributed by atoms with E-state index in [4.69, 9.17) is 11.6 Å². The molecule has 2 heterocycles. The van der Waals surface area contributed by atoms with Crippen LogP contribution in [0.3, 0.4) is 0 Å². The zero-order valence-electron chi connectivity index (χ0n) is 19.6. The molecule has 4 rings (SSSR count). The smallest absolute Gasteiger partial charge is 0.251 e. The van der Waals surface area contributed by atoms with Gasteiger partial charge in [0.15, 0.2) is 0 Å². The predicted molar refractivity (Wildman–Crippen MR) is 129 cm³/mol. The summed E-state index contributed by atoms with van der Waals surface area (Å²) in [6.07, 6.45) is 6.24. The number of carbonyl (C=O) groups is 1. The summed E-state index contributed by atoms with van der Waals surface area (Å²) in [5, 5.41) is 11.4. The van der Waals surface area contributed by atoms with Gasteiger partial charge in [0, 0.05) is 48.1 Å². The standard InChI is InChI=1S/C25H30ClF2N5O/c1-24(27,28)25(6-7-25)21(17-10-19(26)14-29-12-17)11-23(34)30-15-20(33(2)3)9-16-4-5-22-18(8-16)13-31-32-22/h4-5,8,10,12-14,20-21H,6-7,9,11,15H2,1-3H3,(H,30,34)(H,31,32)/t20-,21+/m0/s1. The third-order valence-electron chi connectivity index (χ3n) is 7.09. The number of hydrogen-bond acceptors (Lipinski definition) is 4. The van der Waals surface area contributed by atoms with Crippen LogP contribution < -0.4 is 5.32 Å². The van der Waals surface area contributed by atoms with Gasteiger partial charge in [0.2, 0.25) is 5.91 Å². The Balaban J connectivity index is 1.45. The molecule has 0 bridgehead atoms. The first-order valence-electron chi connectivity index (χ1n) is 11.4. The van der Waals surface area contributed by atoms with Crippen LogP contribution in [0.2, 0.25) is 5.02 Å². The van der Waals surface area contributed by atoms with Crippen LogP contribution in [0.1, 0.15) is 43.2 Å². The molecule has 1 aliphatic rings. The minimum Gasteiger partial charge on any atom is -0.355 e. The highest BCUT2D eigenvalue weighted by Gasteiger charge is 2.63. The van der Waals surface area contributed by atoms with Crippen molar-refractivity contribution < 1.29 is 13.6 Å². The molecule has 3 aromatic rings. The molecule has 0 unspecified atom stereocenters. The van der Waals surface area contributed by atoms with Gasteiger partial charge in [-0.2, -0.15) is 5.10 Å². The number of aromatic amines is 1. The summed E-state index contributed by atoms with van der Waals surface area (Å²) in [6.45, 7) is 1.35. The van der Waals surface area contributed by atoms with E-state index in [1.807, 2.05) is 26.2 Å². The monoisotopic (exact) mass is 489 g/mol. The van der Waals surface area contributed by atoms with Crippen molar-refractivity contribution in [3.8, 4) is 0 Å². The molecule has 1 fully saturated rings. The second-order valence-corrected chi connectivity index (χ2v) is 10.1. The van der Waals surface area contributed by atoms with Gasteiger partial charge in [0.25, 0.3) is 5.92 Å². The van der Waals surface area contributed by atoms with Gasteiger partial charge >= 0.3 is 0 Å². The highest BCUT2D eigenvalue weighted by molar-refractivity contribution is 6.30. The lowest BCUT2D eigenvalue weighted by Gasteiger charge is -2.32. The van der Waals surface area contributed by atoms with Crippen molar-refractivity contribution >= 4 is 28.4 Å². The summed E-state index contributed by atoms with van der Waals surface area (Å²) in [4.78, 5) is 19.1. The number of H-pyrrole nitrogens is 1. The van der Waals surface area contributed by atoms with Crippen molar-refractivity contribution in [2.24, 2.45) is 5.41 Å². The first-order valence-corrected chi connectivity index (χ1v) is 11.8. The molecular weight excluding hydrogens is 460 g/mol. The SMILES string of the molecule is CN(C)[C@H](CNC(=O)C[C@H](c1cncc(Cl)c1)C1(C(C)(F)F)CC1)Cc1ccc2[nH]ncc2c1. The first kappa shape index (κ1) is 24.5. The number of nitrogens with one attached hydrogen (secondary N) is 2. The summed E-state index contributed by atoms with van der Waals surface area (Å²) in [5.74, 6) is -3.81. The number of amides is 1. The number of nitrogens with zero attached hydrogens (tertiary/aromatic N) is 3. The second-order valence-electron chi connectivity index (χ2n) is 9.65. The topological polar surface area (TPSA) is 73.9 Å². The largest absolute Gasteiger partial charge is 0.355 e. The zero-order valence-corrected chi connectivity index (χ0v) is 20.4. The molecule has 0 radical (unpaired) electrons. The van der Waals surface area contributed by atoms with Gasteiger partial charge in [-0.25, -0.2) is 8.78 Å². The minimum absolute atomic E-state index is 0.0351. The number of hydrogen-bond donors (Lipinski definition) is 2. The maximum Gasteiger partial charge on any atom is 0.251 e. The van der Waals surface area contributed by atoms with Crippen molar-refractivity contribution in [1.82, 2.24) is 25.4 Å². The Morgan fingerprint density at radius 2 is 2.03 bits per heavy atom. The molecular formula is C25H30ClF2N5O. The second kappa shape index (κ2) is 9.58. The molecule has 1 aliphatic carbocycles. The molecule has 0 spiro atoms. The van der Waals surface area contributed by atoms with Gasteiger partial charge in [-0.05, 0) is 69.6 Å². The molecule has 2 atom stereocenters. The van der Waals surface area contributed by atoms with Crippen LogP contribution in [0.25, 0.3) is 10.9 Å². The number of aromatic nitrogens is 3. The average Bonchev–Trinajstić information content (AvgIpc) is 3.46. The van der Waals surface area contributed by atoms with Gasteiger partial charge in [-0.15, -0.1) is 0 Å². The summed E-state index contributed by atoms with van der Waals surface area (Å²) in [5.41, 5.74) is 1.45. The fourth-order valence-electron chi connectivity index (χ4n) is 4.80. The Morgan fingerprint density at radius 3 is 2.68 bits per heavy atom. The van der Waals surface area contributed by atoms with E-state index in [9.17, 15) is 13.6 Å². The van der Waals surface area contributed by atoms with E-state index in [0.717, 1.165) is 29.8 Å². The number of rotatable bonds is 10. The summed E-state index contributed by atoms with van der Waals surface area (Å²) in [7, 11) is 3.93. The molecule has 34 heavy (non-hydrogen) atoms. The molecule has 2 N–H and O–H groups in total. The van der Waals surface area contributed by atoms with Crippen molar-refractivity contribution in [3.05, 3.63) is 59.0 Å². The average molecular weight is 490 g/mol. The van der Waals surface area contributed by atoms with Gasteiger partial charge in [0.1, 0.15) is 0 Å². The van der Waals surface area contributed by atoms with Crippen LogP contribution >= 0.6 is 11.6 Å². The van der Waals surface area contributed by atoms with Crippen LogP contribution in [-0.2, 0) is 11.2 Å². The molecule has 1 aromatic carbocycles. The number of fused-ring (bicyclic) bond motifs is 1. The number of halogens is 3. The molecule has 1 saturated carbocycles. The van der Waals surface area contributed by atoms with Crippen LogP contribution in [0.4, 0.5) is 8.78 Å². The van der Waals surface area contributed by atoms with Crippen molar-refractivity contribution in [3.63, 3.8) is 0 Å². The van der Waals surface area contributed by atoms with Crippen LogP contribution in [0.5, 0.6) is 0 Å². The van der Waals surface area contributed by atoms with Crippen molar-refractivity contribution in [2.45, 2.75) is 50.5 Å². The van der Waals surface area contributed by atoms with Gasteiger partial charge in [0.05, 0.1) is 16.7 Å². The molecule has 0 aliphatic heterocycles. The third kappa shape index (κ3) is 5.23. The fourth-order valence-corrected chi connectivity index (χ4v) is 4.98. The van der Waals surface area contributed by atoms with E-state index in [2.05, 4.69) is 31.5 Å². The van der Waals surface area contributed by atoms with E-state index in [1.54, 1.807) is 18.5 Å². The number of carbonyl (C=O) groups excluding carboxylic acids is 1. The Labute approximate surface area is 203 Å². The number of likely N-dealkylation sites (N-methyl/N-ethyl adjacent to an activating group) is 1. The maximum absolute atomic E-state index is 14.6. The van der Waals surface area contributed by atoms with E-state index in [1.165, 1.54) is 6.20 Å². The highest BCUT2D eigenvalue weighted by Crippen LogP contribution is 2.65. The Hall–Kier alpha value is -2.58. The normalized spacial score (nSPS) is 17.0. The number of pyridine rings is 1. The summed E-state index contributed by atoms with van der Waals surface area (Å²) < 4.78 is 29.2. The predicted octanol–water partition coefficient (Wildman–Crippen LogP) is 4.81. The molecule has 182 valence electrons. The van der Waals surface area contributed by atoms with Crippen LogP contribution in [-0.4, -0.2) is 58.6 Å². The van der Waals surface area contributed by atoms with Gasteiger partial charge in [-0.1, -0.05) is 17.7 Å². The molecule has 1 amide bonds. The maximum atomic E-state index is 14.6. The lowest BCUT2D eigenvalue weighted by Crippen LogP contribution is -2.43. The Kier molecular flexibility index (Phi) is 6.92. The lowest BCUT2D eigenvalue weighted by molar-refractivity contribution is -0.123. The summed E-state index contributed by atoms with van der Waals surface area (Å²) >= 11 is 6.09. The molecule has 9 heteroatoms. The molecule has 6 nitrogen and oxygen atoms in total. The van der Waals surface area contributed by atoms with Crippen LogP contribution in [0.15, 0.2) is 42.9 Å². The van der Waals surface area contributed by atoms with Crippen molar-refractivity contribution in [1.29, 1.82) is 0 Å². The third-order valence-corrected chi connectivity index (χ3v) is 7.30. The number of alkyl halides is 2. The van der Waals surface area contributed by atoms with Gasteiger partial charge < -0.3 is 10.2 Å². The first-order chi connectivity index (χ1) is 16.1. The number of benzene rings is 1. The molecule has 2 aromatic heterocycles. The minimum atomic E-state index is -2.90. The van der Waals surface area contributed by atoms with E-state index >= 15 is 0 Å². The molecule has 0 saturated heterocycles. The van der Waals surface area contributed by atoms with E-state index in [0.29, 0.717) is 30.0 Å². The Morgan fingerprint density at radius 1 is 1.26 bits per heavy atom. The van der Waals surface area contributed by atoms with Crippen LogP contribution in [0, 0.1) is 5.41 Å².